The van der Waals surface area contributed by atoms with Gasteiger partial charge >= 0.3 is 0 Å². The van der Waals surface area contributed by atoms with Crippen LogP contribution in [0.25, 0.3) is 16.6 Å². The lowest BCUT2D eigenvalue weighted by Crippen LogP contribution is -1.73. The second kappa shape index (κ2) is 1.91. The van der Waals surface area contributed by atoms with Crippen LogP contribution in [0.3, 0.4) is 0 Å². The van der Waals surface area contributed by atoms with Crippen molar-refractivity contribution in [3.8, 4) is 0 Å². The minimum atomic E-state index is 0.899. The van der Waals surface area contributed by atoms with Gasteiger partial charge in [-0.25, -0.2) is 0 Å². The van der Waals surface area contributed by atoms with Crippen molar-refractivity contribution < 1.29 is 4.42 Å². The standard InChI is InChI=1S/C10H7NO/c1-2-4-9-8(3-1)7-10-11(9)5-6-12-10/h1-7H. The summed E-state index contributed by atoms with van der Waals surface area (Å²) < 4.78 is 7.30. The van der Waals surface area contributed by atoms with Crippen LogP contribution in [-0.2, 0) is 0 Å². The van der Waals surface area contributed by atoms with Crippen LogP contribution < -0.4 is 0 Å². The first-order valence-corrected chi connectivity index (χ1v) is 3.88. The van der Waals surface area contributed by atoms with Crippen LogP contribution in [0, 0.1) is 0 Å². The van der Waals surface area contributed by atoms with E-state index >= 15 is 0 Å². The van der Waals surface area contributed by atoms with Crippen molar-refractivity contribution in [3.05, 3.63) is 42.8 Å². The van der Waals surface area contributed by atoms with Crippen LogP contribution in [0.2, 0.25) is 0 Å². The predicted molar refractivity (Wildman–Crippen MR) is 47.2 cm³/mol. The Kier molecular flexibility index (Phi) is 0.939. The van der Waals surface area contributed by atoms with E-state index in [1.165, 1.54) is 10.9 Å². The van der Waals surface area contributed by atoms with Gasteiger partial charge in [-0.05, 0) is 6.07 Å². The highest BCUT2D eigenvalue weighted by atomic mass is 16.3. The molecule has 3 rings (SSSR count). The topological polar surface area (TPSA) is 17.6 Å². The third kappa shape index (κ3) is 0.593. The van der Waals surface area contributed by atoms with Crippen molar-refractivity contribution in [2.75, 3.05) is 0 Å². The molecule has 2 heteroatoms. The van der Waals surface area contributed by atoms with Gasteiger partial charge in [0, 0.05) is 17.6 Å². The SMILES string of the molecule is c1ccc2c(c1)cc1occn12. The summed E-state index contributed by atoms with van der Waals surface area (Å²) in [6.45, 7) is 0. The predicted octanol–water partition coefficient (Wildman–Crippen LogP) is 2.69. The number of rotatable bonds is 0. The Balaban J connectivity index is 2.68. The van der Waals surface area contributed by atoms with Crippen LogP contribution >= 0.6 is 0 Å². The fraction of sp³-hybridized carbons (Fsp3) is 0. The highest BCUT2D eigenvalue weighted by molar-refractivity contribution is 5.85. The molecule has 0 N–H and O–H groups in total. The van der Waals surface area contributed by atoms with E-state index < -0.39 is 0 Å². The van der Waals surface area contributed by atoms with Gasteiger partial charge in [0.1, 0.15) is 6.26 Å². The van der Waals surface area contributed by atoms with E-state index in [1.54, 1.807) is 6.26 Å². The maximum Gasteiger partial charge on any atom is 0.204 e. The Morgan fingerprint density at radius 2 is 2.08 bits per heavy atom. The number of benzene rings is 1. The molecule has 0 bridgehead atoms. The second-order valence-electron chi connectivity index (χ2n) is 2.81. The molecule has 0 radical (unpaired) electrons. The lowest BCUT2D eigenvalue weighted by atomic mass is 10.2. The maximum absolute atomic E-state index is 5.27. The Labute approximate surface area is 69.0 Å². The molecule has 0 saturated heterocycles. The molecule has 2 nitrogen and oxygen atoms in total. The summed E-state index contributed by atoms with van der Waals surface area (Å²) in [5.41, 5.74) is 2.09. The number of hydrogen-bond donors (Lipinski definition) is 0. The zero-order chi connectivity index (χ0) is 7.97. The zero-order valence-electron chi connectivity index (χ0n) is 6.40. The van der Waals surface area contributed by atoms with Gasteiger partial charge in [-0.2, -0.15) is 0 Å². The van der Waals surface area contributed by atoms with Crippen LogP contribution in [0.1, 0.15) is 0 Å². The highest BCUT2D eigenvalue weighted by Gasteiger charge is 2.01. The van der Waals surface area contributed by atoms with Gasteiger partial charge in [-0.3, -0.25) is 4.40 Å². The summed E-state index contributed by atoms with van der Waals surface area (Å²) >= 11 is 0. The molecule has 3 aromatic rings. The molecule has 0 atom stereocenters. The summed E-state index contributed by atoms with van der Waals surface area (Å²) in [6.07, 6.45) is 3.62. The summed E-state index contributed by atoms with van der Waals surface area (Å²) in [5.74, 6) is 0. The van der Waals surface area contributed by atoms with E-state index in [0.717, 1.165) is 5.71 Å². The van der Waals surface area contributed by atoms with E-state index in [4.69, 9.17) is 4.42 Å². The lowest BCUT2D eigenvalue weighted by molar-refractivity contribution is 0.609. The van der Waals surface area contributed by atoms with E-state index in [-0.39, 0.29) is 0 Å². The van der Waals surface area contributed by atoms with Crippen molar-refractivity contribution in [3.63, 3.8) is 0 Å². The van der Waals surface area contributed by atoms with Gasteiger partial charge in [0.25, 0.3) is 0 Å². The van der Waals surface area contributed by atoms with Crippen LogP contribution in [0.15, 0.2) is 47.2 Å². The van der Waals surface area contributed by atoms with Crippen molar-refractivity contribution >= 4 is 16.6 Å². The Morgan fingerprint density at radius 1 is 1.17 bits per heavy atom. The number of fused-ring (bicyclic) bond motifs is 3. The Hall–Kier alpha value is -1.70. The molecule has 0 spiro atoms. The minimum absolute atomic E-state index is 0.899. The van der Waals surface area contributed by atoms with Crippen LogP contribution in [-0.4, -0.2) is 4.40 Å². The number of nitrogens with zero attached hydrogens (tertiary/aromatic N) is 1. The summed E-state index contributed by atoms with van der Waals surface area (Å²) in [5, 5.41) is 1.22. The fourth-order valence-electron chi connectivity index (χ4n) is 1.56. The lowest BCUT2D eigenvalue weighted by Gasteiger charge is -1.87. The van der Waals surface area contributed by atoms with Gasteiger partial charge in [0.15, 0.2) is 0 Å². The first kappa shape index (κ1) is 5.89. The molecule has 0 aliphatic carbocycles. The van der Waals surface area contributed by atoms with Crippen molar-refractivity contribution in [1.82, 2.24) is 4.40 Å². The molecule has 0 fully saturated rings. The van der Waals surface area contributed by atoms with Gasteiger partial charge in [0.05, 0.1) is 5.52 Å². The molecule has 0 amide bonds. The zero-order valence-corrected chi connectivity index (χ0v) is 6.40. The molecule has 0 saturated carbocycles. The van der Waals surface area contributed by atoms with Crippen molar-refractivity contribution in [1.29, 1.82) is 0 Å². The average Bonchev–Trinajstić information content (AvgIpc) is 2.62. The van der Waals surface area contributed by atoms with Crippen molar-refractivity contribution in [2.45, 2.75) is 0 Å². The fourth-order valence-corrected chi connectivity index (χ4v) is 1.56. The van der Waals surface area contributed by atoms with Gasteiger partial charge < -0.3 is 4.42 Å². The van der Waals surface area contributed by atoms with E-state index in [1.807, 2.05) is 28.8 Å². The molecular weight excluding hydrogens is 150 g/mol. The van der Waals surface area contributed by atoms with Crippen LogP contribution in [0.4, 0.5) is 0 Å². The highest BCUT2D eigenvalue weighted by Crippen LogP contribution is 2.19. The molecule has 1 aromatic carbocycles. The first-order chi connectivity index (χ1) is 5.95. The molecule has 0 aliphatic heterocycles. The second-order valence-corrected chi connectivity index (χ2v) is 2.81. The average molecular weight is 157 g/mol. The molecule has 58 valence electrons. The van der Waals surface area contributed by atoms with Gasteiger partial charge in [-0.1, -0.05) is 18.2 Å². The smallest absolute Gasteiger partial charge is 0.204 e. The molecule has 0 aliphatic rings. The third-order valence-electron chi connectivity index (χ3n) is 2.11. The number of para-hydroxylation sites is 1. The van der Waals surface area contributed by atoms with E-state index in [9.17, 15) is 0 Å². The summed E-state index contributed by atoms with van der Waals surface area (Å²) in [7, 11) is 0. The van der Waals surface area contributed by atoms with E-state index in [2.05, 4.69) is 12.1 Å². The molecule has 0 unspecified atom stereocenters. The number of aromatic nitrogens is 1. The third-order valence-corrected chi connectivity index (χ3v) is 2.11. The van der Waals surface area contributed by atoms with Crippen LogP contribution in [0.5, 0.6) is 0 Å². The largest absolute Gasteiger partial charge is 0.447 e. The van der Waals surface area contributed by atoms with Gasteiger partial charge in [-0.15, -0.1) is 0 Å². The minimum Gasteiger partial charge on any atom is -0.447 e. The number of hydrogen-bond acceptors (Lipinski definition) is 1. The Morgan fingerprint density at radius 3 is 3.08 bits per heavy atom. The summed E-state index contributed by atoms with van der Waals surface area (Å²) in [4.78, 5) is 0. The van der Waals surface area contributed by atoms with E-state index in [0.29, 0.717) is 0 Å². The quantitative estimate of drug-likeness (QED) is 0.490. The maximum atomic E-state index is 5.27. The molecular formula is C10H7NO. The Bertz CT molecular complexity index is 532. The van der Waals surface area contributed by atoms with Crippen molar-refractivity contribution in [2.24, 2.45) is 0 Å². The summed E-state index contributed by atoms with van der Waals surface area (Å²) in [6, 6.07) is 10.3. The number of oxazole rings is 1. The monoisotopic (exact) mass is 157 g/mol. The first-order valence-electron chi connectivity index (χ1n) is 3.88. The molecule has 12 heavy (non-hydrogen) atoms. The molecule has 2 aromatic heterocycles. The normalized spacial score (nSPS) is 11.3. The molecule has 2 heterocycles. The van der Waals surface area contributed by atoms with Gasteiger partial charge in [0.2, 0.25) is 5.71 Å².